The number of piperazine rings is 1. The lowest BCUT2D eigenvalue weighted by atomic mass is 10.2. The molecule has 1 aromatic rings. The second-order valence-electron chi connectivity index (χ2n) is 4.70. The average Bonchev–Trinajstić information content (AvgIpc) is 2.40. The summed E-state index contributed by atoms with van der Waals surface area (Å²) in [4.78, 5) is 16.0. The maximum atomic E-state index is 11.7. The predicted molar refractivity (Wildman–Crippen MR) is 80.9 cm³/mol. The number of carbonyl (C=O) groups excluding carboxylic acids is 1. The fourth-order valence-electron chi connectivity index (χ4n) is 2.22. The van der Waals surface area contributed by atoms with Gasteiger partial charge in [-0.2, -0.15) is 0 Å². The first-order valence-corrected chi connectivity index (χ1v) is 6.79. The largest absolute Gasteiger partial charge is 0.339 e. The fourth-order valence-corrected chi connectivity index (χ4v) is 2.36. The van der Waals surface area contributed by atoms with Crippen LogP contribution in [-0.4, -0.2) is 47.3 Å². The van der Waals surface area contributed by atoms with E-state index in [1.54, 1.807) is 6.92 Å². The number of amides is 1. The van der Waals surface area contributed by atoms with Crippen LogP contribution in [0.2, 0.25) is 0 Å². The summed E-state index contributed by atoms with van der Waals surface area (Å²) in [5, 5.41) is -0.411. The third kappa shape index (κ3) is 4.68. The van der Waals surface area contributed by atoms with E-state index in [1.165, 1.54) is 5.56 Å². The van der Waals surface area contributed by atoms with Crippen molar-refractivity contribution < 1.29 is 4.79 Å². The van der Waals surface area contributed by atoms with Crippen molar-refractivity contribution >= 4 is 29.9 Å². The Morgan fingerprint density at radius 3 is 2.32 bits per heavy atom. The lowest BCUT2D eigenvalue weighted by Crippen LogP contribution is -2.49. The van der Waals surface area contributed by atoms with E-state index < -0.39 is 5.38 Å². The van der Waals surface area contributed by atoms with Gasteiger partial charge in [-0.05, 0) is 12.5 Å². The number of nitrogens with zero attached hydrogens (tertiary/aromatic N) is 2. The first-order chi connectivity index (χ1) is 8.66. The second kappa shape index (κ2) is 7.73. The summed E-state index contributed by atoms with van der Waals surface area (Å²) in [6.07, 6.45) is 0. The molecule has 0 aromatic heterocycles. The average molecular weight is 303 g/mol. The van der Waals surface area contributed by atoms with Gasteiger partial charge in [0.15, 0.2) is 0 Å². The molecule has 2 rings (SSSR count). The Labute approximate surface area is 125 Å². The predicted octanol–water partition coefficient (Wildman–Crippen LogP) is 2.38. The van der Waals surface area contributed by atoms with Gasteiger partial charge < -0.3 is 4.90 Å². The van der Waals surface area contributed by atoms with Crippen molar-refractivity contribution in [2.45, 2.75) is 18.8 Å². The van der Waals surface area contributed by atoms with Gasteiger partial charge in [0, 0.05) is 32.7 Å². The van der Waals surface area contributed by atoms with Gasteiger partial charge in [0.2, 0.25) is 5.91 Å². The molecule has 1 aliphatic heterocycles. The monoisotopic (exact) mass is 302 g/mol. The van der Waals surface area contributed by atoms with Gasteiger partial charge in [0.25, 0.3) is 0 Å². The zero-order valence-corrected chi connectivity index (χ0v) is 12.7. The Morgan fingerprint density at radius 1 is 1.21 bits per heavy atom. The highest BCUT2D eigenvalue weighted by Crippen LogP contribution is 2.10. The topological polar surface area (TPSA) is 23.6 Å². The smallest absolute Gasteiger partial charge is 0.240 e. The number of hydrogen-bond acceptors (Lipinski definition) is 2. The summed E-state index contributed by atoms with van der Waals surface area (Å²) in [7, 11) is 0. The molecule has 1 fully saturated rings. The Hall–Kier alpha value is -0.770. The van der Waals surface area contributed by atoms with Gasteiger partial charge in [-0.15, -0.1) is 24.0 Å². The molecule has 0 spiro atoms. The van der Waals surface area contributed by atoms with Gasteiger partial charge >= 0.3 is 0 Å². The molecule has 1 saturated heterocycles. The summed E-state index contributed by atoms with van der Waals surface area (Å²) in [5.74, 6) is 0.0519. The molecule has 19 heavy (non-hydrogen) atoms. The molecule has 1 unspecified atom stereocenters. The Kier molecular flexibility index (Phi) is 6.63. The van der Waals surface area contributed by atoms with Crippen LogP contribution < -0.4 is 0 Å². The standard InChI is InChI=1S/C14H19ClN2O.ClH/c1-12(15)14(18)17-9-7-16(8-10-17)11-13-5-3-2-4-6-13;/h2-6,12H,7-11H2,1H3;1H. The summed E-state index contributed by atoms with van der Waals surface area (Å²) in [6, 6.07) is 10.4. The third-order valence-electron chi connectivity index (χ3n) is 3.27. The summed E-state index contributed by atoms with van der Waals surface area (Å²) in [6.45, 7) is 6.10. The molecule has 5 heteroatoms. The number of rotatable bonds is 3. The van der Waals surface area contributed by atoms with E-state index in [0.717, 1.165) is 32.7 Å². The lowest BCUT2D eigenvalue weighted by Gasteiger charge is -2.35. The number of hydrogen-bond donors (Lipinski definition) is 0. The lowest BCUT2D eigenvalue weighted by molar-refractivity contribution is -0.132. The van der Waals surface area contributed by atoms with Crippen LogP contribution >= 0.6 is 24.0 Å². The van der Waals surface area contributed by atoms with Crippen LogP contribution in [0.4, 0.5) is 0 Å². The molecule has 1 aliphatic rings. The van der Waals surface area contributed by atoms with Gasteiger partial charge in [0.05, 0.1) is 0 Å². The van der Waals surface area contributed by atoms with Crippen LogP contribution in [0.15, 0.2) is 30.3 Å². The minimum atomic E-state index is -0.411. The van der Waals surface area contributed by atoms with E-state index in [-0.39, 0.29) is 18.3 Å². The molecular formula is C14H20Cl2N2O. The van der Waals surface area contributed by atoms with E-state index >= 15 is 0 Å². The van der Waals surface area contributed by atoms with E-state index in [1.807, 2.05) is 11.0 Å². The maximum Gasteiger partial charge on any atom is 0.240 e. The molecule has 1 amide bonds. The second-order valence-corrected chi connectivity index (χ2v) is 5.36. The van der Waals surface area contributed by atoms with Gasteiger partial charge in [0.1, 0.15) is 5.38 Å². The van der Waals surface area contributed by atoms with Crippen molar-refractivity contribution in [3.63, 3.8) is 0 Å². The van der Waals surface area contributed by atoms with E-state index in [0.29, 0.717) is 0 Å². The van der Waals surface area contributed by atoms with E-state index in [4.69, 9.17) is 11.6 Å². The number of carbonyl (C=O) groups is 1. The van der Waals surface area contributed by atoms with Gasteiger partial charge in [-0.1, -0.05) is 30.3 Å². The highest BCUT2D eigenvalue weighted by molar-refractivity contribution is 6.30. The van der Waals surface area contributed by atoms with Gasteiger partial charge in [-0.3, -0.25) is 9.69 Å². The first-order valence-electron chi connectivity index (χ1n) is 6.36. The highest BCUT2D eigenvalue weighted by Gasteiger charge is 2.23. The van der Waals surface area contributed by atoms with Crippen molar-refractivity contribution in [3.05, 3.63) is 35.9 Å². The SMILES string of the molecule is CC(Cl)C(=O)N1CCN(Cc2ccccc2)CC1.Cl. The zero-order chi connectivity index (χ0) is 13.0. The third-order valence-corrected chi connectivity index (χ3v) is 3.46. The number of benzene rings is 1. The molecular weight excluding hydrogens is 283 g/mol. The summed E-state index contributed by atoms with van der Waals surface area (Å²) in [5.41, 5.74) is 1.32. The molecule has 1 heterocycles. The molecule has 1 aromatic carbocycles. The number of alkyl halides is 1. The quantitative estimate of drug-likeness (QED) is 0.801. The molecule has 0 N–H and O–H groups in total. The van der Waals surface area contributed by atoms with Crippen LogP contribution in [0.3, 0.4) is 0 Å². The van der Waals surface area contributed by atoms with Crippen LogP contribution in [-0.2, 0) is 11.3 Å². The first kappa shape index (κ1) is 16.3. The summed E-state index contributed by atoms with van der Waals surface area (Å²) < 4.78 is 0. The van der Waals surface area contributed by atoms with Crippen molar-refractivity contribution in [1.29, 1.82) is 0 Å². The van der Waals surface area contributed by atoms with Crippen molar-refractivity contribution in [2.24, 2.45) is 0 Å². The molecule has 0 radical (unpaired) electrons. The molecule has 1 atom stereocenters. The minimum absolute atomic E-state index is 0. The van der Waals surface area contributed by atoms with E-state index in [2.05, 4.69) is 29.2 Å². The maximum absolute atomic E-state index is 11.7. The molecule has 3 nitrogen and oxygen atoms in total. The number of halogens is 2. The minimum Gasteiger partial charge on any atom is -0.339 e. The van der Waals surface area contributed by atoms with Crippen molar-refractivity contribution in [3.8, 4) is 0 Å². The molecule has 0 saturated carbocycles. The fraction of sp³-hybridized carbons (Fsp3) is 0.500. The Morgan fingerprint density at radius 2 is 1.79 bits per heavy atom. The molecule has 0 bridgehead atoms. The van der Waals surface area contributed by atoms with Crippen molar-refractivity contribution in [1.82, 2.24) is 9.80 Å². The molecule has 106 valence electrons. The highest BCUT2D eigenvalue weighted by atomic mass is 35.5. The zero-order valence-electron chi connectivity index (χ0n) is 11.1. The van der Waals surface area contributed by atoms with Crippen LogP contribution in [0.25, 0.3) is 0 Å². The Balaban J connectivity index is 0.00000180. The summed E-state index contributed by atoms with van der Waals surface area (Å²) >= 11 is 5.82. The van der Waals surface area contributed by atoms with Gasteiger partial charge in [-0.25, -0.2) is 0 Å². The van der Waals surface area contributed by atoms with Crippen LogP contribution in [0.1, 0.15) is 12.5 Å². The van der Waals surface area contributed by atoms with Crippen LogP contribution in [0.5, 0.6) is 0 Å². The molecule has 0 aliphatic carbocycles. The Bertz CT molecular complexity index is 390. The van der Waals surface area contributed by atoms with E-state index in [9.17, 15) is 4.79 Å². The van der Waals surface area contributed by atoms with Crippen LogP contribution in [0, 0.1) is 0 Å². The van der Waals surface area contributed by atoms with Crippen molar-refractivity contribution in [2.75, 3.05) is 26.2 Å². The normalized spacial score (nSPS) is 17.7.